The van der Waals surface area contributed by atoms with E-state index in [1.807, 2.05) is 0 Å². The van der Waals surface area contributed by atoms with Crippen LogP contribution in [-0.4, -0.2) is 0 Å². The second-order valence-corrected chi connectivity index (χ2v) is 13.7. The van der Waals surface area contributed by atoms with Crippen molar-refractivity contribution < 1.29 is 4.42 Å². The molecule has 0 N–H and O–H groups in total. The summed E-state index contributed by atoms with van der Waals surface area (Å²) < 4.78 is 6.54. The quantitative estimate of drug-likeness (QED) is 0.166. The van der Waals surface area contributed by atoms with Crippen LogP contribution in [0.15, 0.2) is 217 Å². The highest BCUT2D eigenvalue weighted by molar-refractivity contribution is 6.19. The molecule has 0 amide bonds. The molecule has 0 spiro atoms. The number of furan rings is 1. The highest BCUT2D eigenvalue weighted by Gasteiger charge is 2.19. The molecular formula is C52H35NO. The summed E-state index contributed by atoms with van der Waals surface area (Å²) in [4.78, 5) is 2.38. The molecule has 0 fully saturated rings. The molecule has 0 unspecified atom stereocenters. The third-order valence-corrected chi connectivity index (χ3v) is 10.4. The fourth-order valence-electron chi connectivity index (χ4n) is 7.82. The van der Waals surface area contributed by atoms with Gasteiger partial charge in [0, 0.05) is 33.2 Å². The van der Waals surface area contributed by atoms with Gasteiger partial charge in [-0.25, -0.2) is 0 Å². The monoisotopic (exact) mass is 689 g/mol. The fourth-order valence-corrected chi connectivity index (χ4v) is 7.82. The van der Waals surface area contributed by atoms with Crippen LogP contribution in [0.4, 0.5) is 17.1 Å². The number of fused-ring (bicyclic) bond motifs is 5. The van der Waals surface area contributed by atoms with Crippen molar-refractivity contribution in [3.8, 4) is 44.5 Å². The highest BCUT2D eigenvalue weighted by Crippen LogP contribution is 2.43. The minimum Gasteiger partial charge on any atom is -0.455 e. The smallest absolute Gasteiger partial charge is 0.143 e. The molecule has 10 rings (SSSR count). The highest BCUT2D eigenvalue weighted by atomic mass is 16.3. The first-order valence-electron chi connectivity index (χ1n) is 18.4. The van der Waals surface area contributed by atoms with E-state index in [-0.39, 0.29) is 0 Å². The van der Waals surface area contributed by atoms with Gasteiger partial charge in [-0.1, -0.05) is 158 Å². The molecule has 0 aliphatic heterocycles. The first-order valence-corrected chi connectivity index (χ1v) is 18.4. The molecule has 2 heteroatoms. The van der Waals surface area contributed by atoms with E-state index in [1.165, 1.54) is 38.8 Å². The maximum atomic E-state index is 6.54. The van der Waals surface area contributed by atoms with Crippen LogP contribution in [0.2, 0.25) is 0 Å². The molecule has 0 atom stereocenters. The third-order valence-electron chi connectivity index (χ3n) is 10.4. The first-order chi connectivity index (χ1) is 26.8. The average Bonchev–Trinajstić information content (AvgIpc) is 3.65. The van der Waals surface area contributed by atoms with Crippen molar-refractivity contribution in [2.45, 2.75) is 0 Å². The van der Waals surface area contributed by atoms with Crippen LogP contribution < -0.4 is 4.90 Å². The summed E-state index contributed by atoms with van der Waals surface area (Å²) in [5, 5.41) is 4.59. The summed E-state index contributed by atoms with van der Waals surface area (Å²) in [6.45, 7) is 0. The summed E-state index contributed by atoms with van der Waals surface area (Å²) in [7, 11) is 0. The number of benzene rings is 9. The predicted molar refractivity (Wildman–Crippen MR) is 228 cm³/mol. The van der Waals surface area contributed by atoms with Crippen molar-refractivity contribution in [3.63, 3.8) is 0 Å². The Morgan fingerprint density at radius 3 is 1.57 bits per heavy atom. The van der Waals surface area contributed by atoms with Gasteiger partial charge in [-0.3, -0.25) is 0 Å². The summed E-state index contributed by atoms with van der Waals surface area (Å²) in [6.07, 6.45) is 0. The Morgan fingerprint density at radius 1 is 0.315 bits per heavy atom. The zero-order valence-corrected chi connectivity index (χ0v) is 29.6. The Hall–Kier alpha value is -7.16. The van der Waals surface area contributed by atoms with Crippen LogP contribution in [0.25, 0.3) is 77.2 Å². The third kappa shape index (κ3) is 5.71. The van der Waals surface area contributed by atoms with E-state index in [9.17, 15) is 0 Å². The summed E-state index contributed by atoms with van der Waals surface area (Å²) in [6, 6.07) is 75.9. The Kier molecular flexibility index (Phi) is 7.85. The minimum atomic E-state index is 0.897. The summed E-state index contributed by atoms with van der Waals surface area (Å²) in [5.74, 6) is 0. The summed E-state index contributed by atoms with van der Waals surface area (Å²) in [5.41, 5.74) is 14.4. The van der Waals surface area contributed by atoms with Gasteiger partial charge in [0.25, 0.3) is 0 Å². The second kappa shape index (κ2) is 13.4. The van der Waals surface area contributed by atoms with Crippen molar-refractivity contribution in [2.24, 2.45) is 0 Å². The van der Waals surface area contributed by atoms with Gasteiger partial charge in [0.15, 0.2) is 0 Å². The van der Waals surface area contributed by atoms with Gasteiger partial charge in [0.2, 0.25) is 0 Å². The normalized spacial score (nSPS) is 11.3. The maximum Gasteiger partial charge on any atom is 0.143 e. The Balaban J connectivity index is 1.15. The van der Waals surface area contributed by atoms with Crippen molar-refractivity contribution in [1.29, 1.82) is 0 Å². The van der Waals surface area contributed by atoms with Gasteiger partial charge >= 0.3 is 0 Å². The molecule has 10 aromatic rings. The molecule has 0 aliphatic carbocycles. The van der Waals surface area contributed by atoms with Crippen molar-refractivity contribution >= 4 is 49.8 Å². The number of anilines is 3. The topological polar surface area (TPSA) is 16.4 Å². The van der Waals surface area contributed by atoms with Crippen LogP contribution in [0.3, 0.4) is 0 Å². The van der Waals surface area contributed by atoms with Crippen molar-refractivity contribution in [3.05, 3.63) is 212 Å². The van der Waals surface area contributed by atoms with Gasteiger partial charge in [-0.05, 0) is 104 Å². The van der Waals surface area contributed by atoms with Gasteiger partial charge in [-0.15, -0.1) is 0 Å². The second-order valence-electron chi connectivity index (χ2n) is 13.7. The largest absolute Gasteiger partial charge is 0.455 e. The minimum absolute atomic E-state index is 0.897. The Bertz CT molecular complexity index is 2850. The number of hydrogen-bond donors (Lipinski definition) is 0. The molecule has 0 aliphatic rings. The van der Waals surface area contributed by atoms with E-state index >= 15 is 0 Å². The number of rotatable bonds is 7. The maximum absolute atomic E-state index is 6.54. The van der Waals surface area contributed by atoms with Gasteiger partial charge in [0.05, 0.1) is 0 Å². The molecule has 0 saturated carbocycles. The molecule has 1 heterocycles. The van der Waals surface area contributed by atoms with E-state index in [0.717, 1.165) is 55.5 Å². The Labute approximate surface area is 314 Å². The fraction of sp³-hybridized carbons (Fsp3) is 0. The lowest BCUT2D eigenvalue weighted by molar-refractivity contribution is 0.673. The van der Waals surface area contributed by atoms with Gasteiger partial charge in [-0.2, -0.15) is 0 Å². The summed E-state index contributed by atoms with van der Waals surface area (Å²) >= 11 is 0. The first kappa shape index (κ1) is 31.6. The lowest BCUT2D eigenvalue weighted by Crippen LogP contribution is -2.10. The molecule has 9 aromatic carbocycles. The van der Waals surface area contributed by atoms with E-state index in [4.69, 9.17) is 4.42 Å². The standard InChI is InChI=1S/C52H35NO/c1-4-14-36(15-5-1)41-21-12-22-45(33-41)53(46-34-42(37-16-6-2-7-17-37)32-43(35-46)38-18-8-3-9-19-38)44-29-26-40(27-30-44)47-24-13-25-50-51(47)49-31-28-39-20-10-11-23-48(39)52(49)54-50/h1-35H. The van der Waals surface area contributed by atoms with Crippen molar-refractivity contribution in [1.82, 2.24) is 0 Å². The molecule has 54 heavy (non-hydrogen) atoms. The number of nitrogens with zero attached hydrogens (tertiary/aromatic N) is 1. The molecule has 1 aromatic heterocycles. The van der Waals surface area contributed by atoms with E-state index in [1.54, 1.807) is 0 Å². The van der Waals surface area contributed by atoms with E-state index < -0.39 is 0 Å². The van der Waals surface area contributed by atoms with Gasteiger partial charge in [0.1, 0.15) is 11.2 Å². The molecule has 254 valence electrons. The molecule has 0 saturated heterocycles. The average molecular weight is 690 g/mol. The number of hydrogen-bond acceptors (Lipinski definition) is 2. The van der Waals surface area contributed by atoms with Crippen LogP contribution >= 0.6 is 0 Å². The van der Waals surface area contributed by atoms with E-state index in [2.05, 4.69) is 217 Å². The van der Waals surface area contributed by atoms with Crippen LogP contribution in [-0.2, 0) is 0 Å². The molecule has 0 bridgehead atoms. The molecular weight excluding hydrogens is 655 g/mol. The zero-order chi connectivity index (χ0) is 35.8. The van der Waals surface area contributed by atoms with Crippen LogP contribution in [0.1, 0.15) is 0 Å². The molecule has 2 nitrogen and oxygen atoms in total. The lowest BCUT2D eigenvalue weighted by atomic mass is 9.96. The van der Waals surface area contributed by atoms with Crippen molar-refractivity contribution in [2.75, 3.05) is 4.90 Å². The SMILES string of the molecule is c1ccc(-c2cccc(N(c3ccc(-c4cccc5oc6c7ccccc7ccc6c45)cc3)c3cc(-c4ccccc4)cc(-c4ccccc4)c3)c2)cc1. The zero-order valence-electron chi connectivity index (χ0n) is 29.6. The van der Waals surface area contributed by atoms with E-state index in [0.29, 0.717) is 0 Å². The van der Waals surface area contributed by atoms with Gasteiger partial charge < -0.3 is 9.32 Å². The van der Waals surface area contributed by atoms with Crippen LogP contribution in [0.5, 0.6) is 0 Å². The predicted octanol–water partition coefficient (Wildman–Crippen LogP) is 14.9. The molecule has 0 radical (unpaired) electrons. The lowest BCUT2D eigenvalue weighted by Gasteiger charge is -2.27. The Morgan fingerprint density at radius 2 is 0.889 bits per heavy atom. The van der Waals surface area contributed by atoms with Crippen LogP contribution in [0, 0.1) is 0 Å².